The first-order valence-electron chi connectivity index (χ1n) is 9.41. The van der Waals surface area contributed by atoms with E-state index >= 15 is 0 Å². The average Bonchev–Trinajstić information content (AvgIpc) is 3.03. The highest BCUT2D eigenvalue weighted by molar-refractivity contribution is 5.78. The quantitative estimate of drug-likeness (QED) is 0.793. The molecule has 2 heterocycles. The zero-order valence-electron chi connectivity index (χ0n) is 15.4. The third kappa shape index (κ3) is 5.27. The van der Waals surface area contributed by atoms with Crippen LogP contribution in [0.15, 0.2) is 30.3 Å². The third-order valence-electron chi connectivity index (χ3n) is 5.00. The number of carbonyl (C=O) groups excluding carboxylic acids is 1. The number of likely N-dealkylation sites (tertiary alicyclic amines) is 1. The van der Waals surface area contributed by atoms with Gasteiger partial charge in [-0.3, -0.25) is 9.69 Å². The summed E-state index contributed by atoms with van der Waals surface area (Å²) in [7, 11) is 0. The minimum atomic E-state index is 0.118. The Labute approximate surface area is 150 Å². The van der Waals surface area contributed by atoms with Crippen molar-refractivity contribution in [2.75, 3.05) is 32.8 Å². The van der Waals surface area contributed by atoms with Crippen molar-refractivity contribution in [1.82, 2.24) is 9.80 Å². The molecule has 2 fully saturated rings. The maximum absolute atomic E-state index is 12.6. The van der Waals surface area contributed by atoms with Gasteiger partial charge in [-0.15, -0.1) is 0 Å². The van der Waals surface area contributed by atoms with Gasteiger partial charge in [0.2, 0.25) is 5.91 Å². The van der Waals surface area contributed by atoms with Gasteiger partial charge in [0, 0.05) is 32.2 Å². The molecule has 2 aliphatic rings. The second kappa shape index (κ2) is 8.79. The van der Waals surface area contributed by atoms with E-state index in [9.17, 15) is 4.79 Å². The minimum Gasteiger partial charge on any atom is -0.373 e. The van der Waals surface area contributed by atoms with Crippen molar-refractivity contribution in [1.29, 1.82) is 0 Å². The van der Waals surface area contributed by atoms with Crippen molar-refractivity contribution >= 4 is 5.91 Å². The average molecular weight is 346 g/mol. The van der Waals surface area contributed by atoms with Crippen LogP contribution < -0.4 is 0 Å². The fourth-order valence-corrected chi connectivity index (χ4v) is 4.00. The molecule has 5 heteroatoms. The SMILES string of the molecule is C[C@@H]1CN(C[C@H]2CCCN2C(=O)COCc2ccccc2)C[C@H](C)O1. The topological polar surface area (TPSA) is 42.0 Å². The summed E-state index contributed by atoms with van der Waals surface area (Å²) >= 11 is 0. The number of carbonyl (C=O) groups is 1. The second-order valence-electron chi connectivity index (χ2n) is 7.34. The van der Waals surface area contributed by atoms with Gasteiger partial charge in [0.25, 0.3) is 0 Å². The zero-order chi connectivity index (χ0) is 17.6. The Morgan fingerprint density at radius 1 is 1.20 bits per heavy atom. The smallest absolute Gasteiger partial charge is 0.248 e. The molecule has 0 radical (unpaired) electrons. The molecule has 25 heavy (non-hydrogen) atoms. The molecule has 3 rings (SSSR count). The van der Waals surface area contributed by atoms with Crippen LogP contribution in [0.2, 0.25) is 0 Å². The molecule has 1 aromatic rings. The van der Waals surface area contributed by atoms with Crippen LogP contribution in [-0.4, -0.2) is 66.7 Å². The highest BCUT2D eigenvalue weighted by Crippen LogP contribution is 2.21. The molecule has 5 nitrogen and oxygen atoms in total. The van der Waals surface area contributed by atoms with Gasteiger partial charge in [0.05, 0.1) is 18.8 Å². The monoisotopic (exact) mass is 346 g/mol. The van der Waals surface area contributed by atoms with Crippen LogP contribution in [0.1, 0.15) is 32.3 Å². The van der Waals surface area contributed by atoms with Crippen LogP contribution in [0, 0.1) is 0 Å². The van der Waals surface area contributed by atoms with E-state index in [0.717, 1.165) is 44.6 Å². The highest BCUT2D eigenvalue weighted by atomic mass is 16.5. The van der Waals surface area contributed by atoms with Crippen molar-refractivity contribution in [3.05, 3.63) is 35.9 Å². The summed E-state index contributed by atoms with van der Waals surface area (Å²) < 4.78 is 11.4. The molecule has 0 N–H and O–H groups in total. The second-order valence-corrected chi connectivity index (χ2v) is 7.34. The Bertz CT molecular complexity index is 541. The third-order valence-corrected chi connectivity index (χ3v) is 5.00. The summed E-state index contributed by atoms with van der Waals surface area (Å²) in [5, 5.41) is 0. The summed E-state index contributed by atoms with van der Waals surface area (Å²) in [5.41, 5.74) is 1.10. The lowest BCUT2D eigenvalue weighted by Crippen LogP contribution is -2.51. The molecule has 0 saturated carbocycles. The number of nitrogens with zero attached hydrogens (tertiary/aromatic N) is 2. The first kappa shape index (κ1) is 18.4. The number of hydrogen-bond donors (Lipinski definition) is 0. The molecule has 2 aliphatic heterocycles. The van der Waals surface area contributed by atoms with E-state index in [4.69, 9.17) is 9.47 Å². The van der Waals surface area contributed by atoms with Gasteiger partial charge < -0.3 is 14.4 Å². The first-order valence-corrected chi connectivity index (χ1v) is 9.41. The Morgan fingerprint density at radius 2 is 1.92 bits per heavy atom. The highest BCUT2D eigenvalue weighted by Gasteiger charge is 2.32. The van der Waals surface area contributed by atoms with Gasteiger partial charge in [-0.25, -0.2) is 0 Å². The molecule has 0 aliphatic carbocycles. The lowest BCUT2D eigenvalue weighted by molar-refractivity contribution is -0.138. The standard InChI is InChI=1S/C20H30N2O3/c1-16-11-21(12-17(2)25-16)13-19-9-6-10-22(19)20(23)15-24-14-18-7-4-3-5-8-18/h3-5,7-8,16-17,19H,6,9-15H2,1-2H3/t16-,17+,19-/m1/s1. The Hall–Kier alpha value is -1.43. The predicted octanol–water partition coefficient (Wildman–Crippen LogP) is 2.30. The fourth-order valence-electron chi connectivity index (χ4n) is 4.00. The van der Waals surface area contributed by atoms with E-state index in [2.05, 4.69) is 18.7 Å². The van der Waals surface area contributed by atoms with Gasteiger partial charge in [0.1, 0.15) is 6.61 Å². The van der Waals surface area contributed by atoms with E-state index in [-0.39, 0.29) is 24.7 Å². The largest absolute Gasteiger partial charge is 0.373 e. The van der Waals surface area contributed by atoms with Gasteiger partial charge in [-0.2, -0.15) is 0 Å². The number of morpholine rings is 1. The molecule has 0 bridgehead atoms. The number of amides is 1. The first-order chi connectivity index (χ1) is 12.1. The molecule has 1 amide bonds. The van der Waals surface area contributed by atoms with Gasteiger partial charge in [-0.1, -0.05) is 30.3 Å². The molecular weight excluding hydrogens is 316 g/mol. The minimum absolute atomic E-state index is 0.118. The van der Waals surface area contributed by atoms with E-state index in [1.54, 1.807) is 0 Å². The van der Waals surface area contributed by atoms with E-state index in [1.807, 2.05) is 35.2 Å². The van der Waals surface area contributed by atoms with E-state index < -0.39 is 0 Å². The maximum atomic E-state index is 12.6. The van der Waals surface area contributed by atoms with Crippen molar-refractivity contribution in [2.24, 2.45) is 0 Å². The summed E-state index contributed by atoms with van der Waals surface area (Å²) in [6.45, 7) is 8.61. The van der Waals surface area contributed by atoms with Crippen LogP contribution >= 0.6 is 0 Å². The number of hydrogen-bond acceptors (Lipinski definition) is 4. The summed E-state index contributed by atoms with van der Waals surface area (Å²) in [6, 6.07) is 10.3. The number of benzene rings is 1. The summed E-state index contributed by atoms with van der Waals surface area (Å²) in [4.78, 5) is 17.0. The van der Waals surface area contributed by atoms with Crippen LogP contribution in [0.5, 0.6) is 0 Å². The van der Waals surface area contributed by atoms with Gasteiger partial charge in [-0.05, 0) is 32.3 Å². The maximum Gasteiger partial charge on any atom is 0.248 e. The van der Waals surface area contributed by atoms with Gasteiger partial charge >= 0.3 is 0 Å². The number of ether oxygens (including phenoxy) is 2. The van der Waals surface area contributed by atoms with E-state index in [1.165, 1.54) is 0 Å². The molecular formula is C20H30N2O3. The Kier molecular flexibility index (Phi) is 6.45. The van der Waals surface area contributed by atoms with Crippen molar-refractivity contribution < 1.29 is 14.3 Å². The Morgan fingerprint density at radius 3 is 2.64 bits per heavy atom. The fraction of sp³-hybridized carbons (Fsp3) is 0.650. The molecule has 0 unspecified atom stereocenters. The lowest BCUT2D eigenvalue weighted by Gasteiger charge is -2.38. The van der Waals surface area contributed by atoms with Crippen LogP contribution in [-0.2, 0) is 20.9 Å². The molecule has 2 saturated heterocycles. The summed E-state index contributed by atoms with van der Waals surface area (Å²) in [6.07, 6.45) is 2.71. The van der Waals surface area contributed by atoms with Crippen LogP contribution in [0.25, 0.3) is 0 Å². The summed E-state index contributed by atoms with van der Waals surface area (Å²) in [5.74, 6) is 0.118. The van der Waals surface area contributed by atoms with Crippen LogP contribution in [0.4, 0.5) is 0 Å². The number of rotatable bonds is 6. The molecule has 0 spiro atoms. The molecule has 1 aromatic carbocycles. The lowest BCUT2D eigenvalue weighted by atomic mass is 10.1. The molecule has 3 atom stereocenters. The molecule has 0 aromatic heterocycles. The van der Waals surface area contributed by atoms with Crippen molar-refractivity contribution in [3.8, 4) is 0 Å². The van der Waals surface area contributed by atoms with Crippen LogP contribution in [0.3, 0.4) is 0 Å². The van der Waals surface area contributed by atoms with Crippen molar-refractivity contribution in [3.63, 3.8) is 0 Å². The Balaban J connectivity index is 1.46. The normalized spacial score (nSPS) is 27.6. The predicted molar refractivity (Wildman–Crippen MR) is 97.3 cm³/mol. The molecule has 138 valence electrons. The van der Waals surface area contributed by atoms with E-state index in [0.29, 0.717) is 12.6 Å². The van der Waals surface area contributed by atoms with Gasteiger partial charge in [0.15, 0.2) is 0 Å². The zero-order valence-corrected chi connectivity index (χ0v) is 15.4. The van der Waals surface area contributed by atoms with Crippen molar-refractivity contribution in [2.45, 2.75) is 51.5 Å².